The Morgan fingerprint density at radius 2 is 2.44 bits per heavy atom. The molecule has 4 nitrogen and oxygen atoms in total. The van der Waals surface area contributed by atoms with Gasteiger partial charge >= 0.3 is 0 Å². The van der Waals surface area contributed by atoms with Crippen LogP contribution in [-0.4, -0.2) is 38.3 Å². The average molecular weight is 226 g/mol. The molecule has 0 aromatic heterocycles. The zero-order chi connectivity index (χ0) is 11.6. The van der Waals surface area contributed by atoms with Crippen molar-refractivity contribution in [2.45, 2.75) is 32.8 Å². The van der Waals surface area contributed by atoms with Gasteiger partial charge in [-0.25, -0.2) is 0 Å². The minimum atomic E-state index is -0.206. The van der Waals surface area contributed by atoms with E-state index in [1.807, 2.05) is 6.92 Å². The van der Waals surface area contributed by atoms with Gasteiger partial charge in [0.05, 0.1) is 11.5 Å². The molecule has 0 spiro atoms. The van der Waals surface area contributed by atoms with Gasteiger partial charge in [0.15, 0.2) is 0 Å². The van der Waals surface area contributed by atoms with Crippen molar-refractivity contribution in [3.8, 4) is 0 Å². The third-order valence-corrected chi connectivity index (χ3v) is 3.97. The molecule has 0 aromatic carbocycles. The van der Waals surface area contributed by atoms with E-state index in [9.17, 15) is 4.79 Å². The van der Waals surface area contributed by atoms with Crippen LogP contribution in [0.5, 0.6) is 0 Å². The first kappa shape index (κ1) is 11.9. The zero-order valence-electron chi connectivity index (χ0n) is 10.2. The van der Waals surface area contributed by atoms with Crippen molar-refractivity contribution in [1.29, 1.82) is 0 Å². The van der Waals surface area contributed by atoms with E-state index in [0.29, 0.717) is 5.92 Å². The Balaban J connectivity index is 1.79. The third kappa shape index (κ3) is 2.38. The highest BCUT2D eigenvalue weighted by molar-refractivity contribution is 5.82. The van der Waals surface area contributed by atoms with Gasteiger partial charge in [-0.3, -0.25) is 4.79 Å². The molecule has 4 heteroatoms. The lowest BCUT2D eigenvalue weighted by atomic mass is 9.88. The van der Waals surface area contributed by atoms with Gasteiger partial charge in [0.2, 0.25) is 5.91 Å². The topological polar surface area (TPSA) is 50.4 Å². The number of ether oxygens (including phenoxy) is 1. The fourth-order valence-corrected chi connectivity index (χ4v) is 2.49. The number of carbonyl (C=O) groups is 1. The van der Waals surface area contributed by atoms with E-state index in [0.717, 1.165) is 39.1 Å². The number of amides is 1. The molecule has 0 aromatic rings. The van der Waals surface area contributed by atoms with E-state index in [1.165, 1.54) is 0 Å². The van der Waals surface area contributed by atoms with Gasteiger partial charge in [-0.15, -0.1) is 0 Å². The molecular weight excluding hydrogens is 204 g/mol. The fraction of sp³-hybridized carbons (Fsp3) is 0.917. The Morgan fingerprint density at radius 1 is 1.62 bits per heavy atom. The number of hydrogen-bond donors (Lipinski definition) is 2. The van der Waals surface area contributed by atoms with Crippen LogP contribution in [0.25, 0.3) is 0 Å². The van der Waals surface area contributed by atoms with Crippen LogP contribution in [0.2, 0.25) is 0 Å². The molecule has 0 bridgehead atoms. The third-order valence-electron chi connectivity index (χ3n) is 3.97. The largest absolute Gasteiger partial charge is 0.378 e. The number of carbonyl (C=O) groups excluding carboxylic acids is 1. The highest BCUT2D eigenvalue weighted by Crippen LogP contribution is 2.25. The van der Waals surface area contributed by atoms with Crippen LogP contribution < -0.4 is 10.6 Å². The van der Waals surface area contributed by atoms with Gasteiger partial charge in [-0.2, -0.15) is 0 Å². The van der Waals surface area contributed by atoms with Crippen LogP contribution in [-0.2, 0) is 9.53 Å². The molecule has 2 saturated heterocycles. The van der Waals surface area contributed by atoms with Crippen LogP contribution >= 0.6 is 0 Å². The Kier molecular flexibility index (Phi) is 3.50. The van der Waals surface area contributed by atoms with Gasteiger partial charge in [-0.05, 0) is 33.2 Å². The molecule has 0 aliphatic carbocycles. The van der Waals surface area contributed by atoms with E-state index in [2.05, 4.69) is 17.6 Å². The molecule has 0 saturated carbocycles. The van der Waals surface area contributed by atoms with Gasteiger partial charge in [0.25, 0.3) is 0 Å². The van der Waals surface area contributed by atoms with Crippen molar-refractivity contribution >= 4 is 5.91 Å². The van der Waals surface area contributed by atoms with Crippen LogP contribution in [0.4, 0.5) is 0 Å². The second-order valence-corrected chi connectivity index (χ2v) is 5.32. The Morgan fingerprint density at radius 3 is 3.00 bits per heavy atom. The predicted octanol–water partition coefficient (Wildman–Crippen LogP) is 0.527. The Bertz CT molecular complexity index is 262. The van der Waals surface area contributed by atoms with Crippen LogP contribution in [0, 0.1) is 11.3 Å². The van der Waals surface area contributed by atoms with Gasteiger partial charge in [-0.1, -0.05) is 0 Å². The molecule has 2 N–H and O–H groups in total. The number of hydrogen-bond acceptors (Lipinski definition) is 3. The maximum atomic E-state index is 12.0. The Hall–Kier alpha value is -0.610. The van der Waals surface area contributed by atoms with E-state index < -0.39 is 0 Å². The second-order valence-electron chi connectivity index (χ2n) is 5.32. The minimum Gasteiger partial charge on any atom is -0.378 e. The second kappa shape index (κ2) is 4.72. The Labute approximate surface area is 97.1 Å². The summed E-state index contributed by atoms with van der Waals surface area (Å²) >= 11 is 0. The lowest BCUT2D eigenvalue weighted by Crippen LogP contribution is -2.43. The highest BCUT2D eigenvalue weighted by Gasteiger charge is 2.36. The van der Waals surface area contributed by atoms with E-state index in [-0.39, 0.29) is 17.4 Å². The molecule has 2 aliphatic heterocycles. The SMILES string of the molecule is CC1OCCC1CNC(=O)C1(C)CCNC1. The molecular formula is C12H22N2O2. The molecule has 2 rings (SSSR count). The first-order chi connectivity index (χ1) is 7.62. The summed E-state index contributed by atoms with van der Waals surface area (Å²) in [6.07, 6.45) is 2.29. The molecule has 1 amide bonds. The van der Waals surface area contributed by atoms with Crippen LogP contribution in [0.3, 0.4) is 0 Å². The van der Waals surface area contributed by atoms with Crippen molar-refractivity contribution in [2.24, 2.45) is 11.3 Å². The summed E-state index contributed by atoms with van der Waals surface area (Å²) in [5.41, 5.74) is -0.206. The quantitative estimate of drug-likeness (QED) is 0.738. The zero-order valence-corrected chi connectivity index (χ0v) is 10.2. The normalized spacial score (nSPS) is 38.9. The first-order valence-corrected chi connectivity index (χ1v) is 6.22. The van der Waals surface area contributed by atoms with Crippen LogP contribution in [0.1, 0.15) is 26.7 Å². The predicted molar refractivity (Wildman–Crippen MR) is 62.1 cm³/mol. The summed E-state index contributed by atoms with van der Waals surface area (Å²) < 4.78 is 5.48. The smallest absolute Gasteiger partial charge is 0.227 e. The lowest BCUT2D eigenvalue weighted by Gasteiger charge is -2.23. The molecule has 0 radical (unpaired) electrons. The molecule has 92 valence electrons. The highest BCUT2D eigenvalue weighted by atomic mass is 16.5. The summed E-state index contributed by atoms with van der Waals surface area (Å²) in [5.74, 6) is 0.679. The van der Waals surface area contributed by atoms with Crippen molar-refractivity contribution in [3.05, 3.63) is 0 Å². The fourth-order valence-electron chi connectivity index (χ4n) is 2.49. The van der Waals surface area contributed by atoms with Crippen molar-refractivity contribution < 1.29 is 9.53 Å². The molecule has 16 heavy (non-hydrogen) atoms. The maximum absolute atomic E-state index is 12.0. The molecule has 2 heterocycles. The van der Waals surface area contributed by atoms with E-state index >= 15 is 0 Å². The molecule has 2 fully saturated rings. The molecule has 2 aliphatic rings. The molecule has 3 unspecified atom stereocenters. The average Bonchev–Trinajstić information content (AvgIpc) is 2.85. The van der Waals surface area contributed by atoms with Gasteiger partial charge in [0, 0.05) is 25.6 Å². The summed E-state index contributed by atoms with van der Waals surface area (Å²) in [4.78, 5) is 12.0. The van der Waals surface area contributed by atoms with Gasteiger partial charge in [0.1, 0.15) is 0 Å². The monoisotopic (exact) mass is 226 g/mol. The van der Waals surface area contributed by atoms with Crippen LogP contribution in [0.15, 0.2) is 0 Å². The van der Waals surface area contributed by atoms with E-state index in [4.69, 9.17) is 4.74 Å². The van der Waals surface area contributed by atoms with E-state index in [1.54, 1.807) is 0 Å². The van der Waals surface area contributed by atoms with Crippen molar-refractivity contribution in [3.63, 3.8) is 0 Å². The standard InChI is InChI=1S/C12H22N2O2/c1-9-10(3-6-16-9)7-14-11(15)12(2)4-5-13-8-12/h9-10,13H,3-8H2,1-2H3,(H,14,15). The number of nitrogens with one attached hydrogen (secondary N) is 2. The minimum absolute atomic E-state index is 0.191. The molecule has 3 atom stereocenters. The van der Waals surface area contributed by atoms with Gasteiger partial charge < -0.3 is 15.4 Å². The first-order valence-electron chi connectivity index (χ1n) is 6.22. The maximum Gasteiger partial charge on any atom is 0.227 e. The van der Waals surface area contributed by atoms with Crippen molar-refractivity contribution in [1.82, 2.24) is 10.6 Å². The summed E-state index contributed by atoms with van der Waals surface area (Å²) in [6, 6.07) is 0. The lowest BCUT2D eigenvalue weighted by molar-refractivity contribution is -0.129. The number of rotatable bonds is 3. The summed E-state index contributed by atoms with van der Waals surface area (Å²) in [7, 11) is 0. The summed E-state index contributed by atoms with van der Waals surface area (Å²) in [5, 5.41) is 6.32. The summed E-state index contributed by atoms with van der Waals surface area (Å²) in [6.45, 7) is 7.47. The van der Waals surface area contributed by atoms with Crippen molar-refractivity contribution in [2.75, 3.05) is 26.2 Å².